The Balaban J connectivity index is 1.71. The van der Waals surface area contributed by atoms with Gasteiger partial charge in [-0.15, -0.1) is 10.2 Å². The van der Waals surface area contributed by atoms with E-state index in [4.69, 9.17) is 9.15 Å². The van der Waals surface area contributed by atoms with Gasteiger partial charge in [-0.25, -0.2) is 4.39 Å². The standard InChI is InChI=1S/C20H16FN3O2S/c1-25-17-10-9-15(21)12-14(17)13-27-20-23-22-19(18-8-5-11-26-18)24(20)16-6-3-2-4-7-16/h2-12H,13H2,1H3. The van der Waals surface area contributed by atoms with Gasteiger partial charge in [-0.1, -0.05) is 30.0 Å². The summed E-state index contributed by atoms with van der Waals surface area (Å²) in [5.41, 5.74) is 1.67. The third kappa shape index (κ3) is 3.59. The Morgan fingerprint density at radius 2 is 1.93 bits per heavy atom. The zero-order valence-corrected chi connectivity index (χ0v) is 15.3. The van der Waals surface area contributed by atoms with Crippen molar-refractivity contribution in [3.05, 3.63) is 78.3 Å². The van der Waals surface area contributed by atoms with E-state index in [1.54, 1.807) is 19.4 Å². The minimum atomic E-state index is -0.299. The number of halogens is 1. The number of benzene rings is 2. The van der Waals surface area contributed by atoms with Gasteiger partial charge in [0.15, 0.2) is 10.9 Å². The van der Waals surface area contributed by atoms with Gasteiger partial charge >= 0.3 is 0 Å². The second-order valence-electron chi connectivity index (χ2n) is 5.70. The maximum atomic E-state index is 13.6. The zero-order chi connectivity index (χ0) is 18.6. The molecule has 0 saturated heterocycles. The molecule has 0 spiro atoms. The summed E-state index contributed by atoms with van der Waals surface area (Å²) in [6.45, 7) is 0. The van der Waals surface area contributed by atoms with E-state index in [0.29, 0.717) is 28.2 Å². The number of nitrogens with zero attached hydrogens (tertiary/aromatic N) is 3. The van der Waals surface area contributed by atoms with Crippen LogP contribution in [0.4, 0.5) is 4.39 Å². The molecule has 0 bridgehead atoms. The molecule has 2 aromatic heterocycles. The fourth-order valence-corrected chi connectivity index (χ4v) is 3.67. The van der Waals surface area contributed by atoms with E-state index in [9.17, 15) is 4.39 Å². The minimum absolute atomic E-state index is 0.299. The molecule has 7 heteroatoms. The molecule has 0 N–H and O–H groups in total. The highest BCUT2D eigenvalue weighted by atomic mass is 32.2. The SMILES string of the molecule is COc1ccc(F)cc1CSc1nnc(-c2ccco2)n1-c1ccccc1. The van der Waals surface area contributed by atoms with Crippen LogP contribution in [0, 0.1) is 5.82 Å². The molecule has 0 aliphatic carbocycles. The Hall–Kier alpha value is -3.06. The van der Waals surface area contributed by atoms with Gasteiger partial charge in [0.2, 0.25) is 5.82 Å². The number of hydrogen-bond acceptors (Lipinski definition) is 5. The molecule has 5 nitrogen and oxygen atoms in total. The summed E-state index contributed by atoms with van der Waals surface area (Å²) in [5, 5.41) is 9.30. The molecule has 0 fully saturated rings. The lowest BCUT2D eigenvalue weighted by molar-refractivity contribution is 0.410. The van der Waals surface area contributed by atoms with Crippen molar-refractivity contribution >= 4 is 11.8 Å². The maximum Gasteiger partial charge on any atom is 0.205 e. The summed E-state index contributed by atoms with van der Waals surface area (Å²) < 4.78 is 26.4. The first-order valence-electron chi connectivity index (χ1n) is 8.26. The molecule has 0 amide bonds. The molecule has 0 radical (unpaired) electrons. The molecule has 2 aromatic carbocycles. The van der Waals surface area contributed by atoms with Gasteiger partial charge in [0.25, 0.3) is 0 Å². The number of methoxy groups -OCH3 is 1. The highest BCUT2D eigenvalue weighted by molar-refractivity contribution is 7.98. The first-order valence-corrected chi connectivity index (χ1v) is 9.25. The lowest BCUT2D eigenvalue weighted by atomic mass is 10.2. The van der Waals surface area contributed by atoms with E-state index < -0.39 is 0 Å². The lowest BCUT2D eigenvalue weighted by Gasteiger charge is -2.10. The fraction of sp³-hybridized carbons (Fsp3) is 0.100. The van der Waals surface area contributed by atoms with Crippen LogP contribution in [0.5, 0.6) is 5.75 Å². The largest absolute Gasteiger partial charge is 0.496 e. The number of hydrogen-bond donors (Lipinski definition) is 0. The van der Waals surface area contributed by atoms with E-state index in [0.717, 1.165) is 11.3 Å². The summed E-state index contributed by atoms with van der Waals surface area (Å²) in [6, 6.07) is 17.9. The number of para-hydroxylation sites is 1. The Labute approximate surface area is 159 Å². The molecule has 0 aliphatic rings. The molecule has 4 rings (SSSR count). The maximum absolute atomic E-state index is 13.6. The molecule has 2 heterocycles. The van der Waals surface area contributed by atoms with Crippen molar-refractivity contribution in [1.82, 2.24) is 14.8 Å². The van der Waals surface area contributed by atoms with Gasteiger partial charge in [-0.05, 0) is 42.5 Å². The smallest absolute Gasteiger partial charge is 0.205 e. The third-order valence-corrected chi connectivity index (χ3v) is 4.97. The van der Waals surface area contributed by atoms with Gasteiger partial charge in [-0.3, -0.25) is 4.57 Å². The molecular weight excluding hydrogens is 365 g/mol. The van der Waals surface area contributed by atoms with E-state index in [1.807, 2.05) is 47.0 Å². The fourth-order valence-electron chi connectivity index (χ4n) is 2.74. The van der Waals surface area contributed by atoms with Gasteiger partial charge in [0.05, 0.1) is 13.4 Å². The average molecular weight is 381 g/mol. The van der Waals surface area contributed by atoms with Crippen molar-refractivity contribution < 1.29 is 13.5 Å². The molecule has 0 aliphatic heterocycles. The Bertz CT molecular complexity index is 1030. The second-order valence-corrected chi connectivity index (χ2v) is 6.64. The van der Waals surface area contributed by atoms with E-state index in [1.165, 1.54) is 23.9 Å². The van der Waals surface area contributed by atoms with E-state index >= 15 is 0 Å². The molecule has 4 aromatic rings. The quantitative estimate of drug-likeness (QED) is 0.442. The summed E-state index contributed by atoms with van der Waals surface area (Å²) in [4.78, 5) is 0. The zero-order valence-electron chi connectivity index (χ0n) is 14.5. The van der Waals surface area contributed by atoms with Crippen molar-refractivity contribution in [2.24, 2.45) is 0 Å². The molecular formula is C20H16FN3O2S. The second kappa shape index (κ2) is 7.67. The highest BCUT2D eigenvalue weighted by Crippen LogP contribution is 2.32. The molecule has 0 saturated carbocycles. The van der Waals surface area contributed by atoms with Gasteiger partial charge in [-0.2, -0.15) is 0 Å². The monoisotopic (exact) mass is 381 g/mol. The number of aromatic nitrogens is 3. The minimum Gasteiger partial charge on any atom is -0.496 e. The van der Waals surface area contributed by atoms with E-state index in [-0.39, 0.29) is 5.82 Å². The molecule has 27 heavy (non-hydrogen) atoms. The summed E-state index contributed by atoms with van der Waals surface area (Å²) in [5.74, 6) is 2.07. The molecule has 136 valence electrons. The van der Waals surface area contributed by atoms with E-state index in [2.05, 4.69) is 10.2 Å². The topological polar surface area (TPSA) is 53.1 Å². The highest BCUT2D eigenvalue weighted by Gasteiger charge is 2.18. The van der Waals surface area contributed by atoms with Crippen molar-refractivity contribution in [2.45, 2.75) is 10.9 Å². The van der Waals surface area contributed by atoms with Gasteiger partial charge in [0, 0.05) is 17.0 Å². The Morgan fingerprint density at radius 3 is 2.67 bits per heavy atom. The molecule has 0 atom stereocenters. The van der Waals surface area contributed by atoms with Crippen LogP contribution in [0.1, 0.15) is 5.56 Å². The Morgan fingerprint density at radius 1 is 1.07 bits per heavy atom. The average Bonchev–Trinajstić information content (AvgIpc) is 3.36. The molecule has 0 unspecified atom stereocenters. The predicted octanol–water partition coefficient (Wildman–Crippen LogP) is 4.97. The number of ether oxygens (including phenoxy) is 1. The van der Waals surface area contributed by atoms with Crippen LogP contribution in [0.25, 0.3) is 17.3 Å². The first kappa shape index (κ1) is 17.4. The lowest BCUT2D eigenvalue weighted by Crippen LogP contribution is -1.99. The van der Waals surface area contributed by atoms with Crippen LogP contribution in [-0.4, -0.2) is 21.9 Å². The number of thioether (sulfide) groups is 1. The van der Waals surface area contributed by atoms with Crippen LogP contribution in [0.3, 0.4) is 0 Å². The number of rotatable bonds is 6. The summed E-state index contributed by atoms with van der Waals surface area (Å²) in [6.07, 6.45) is 1.60. The van der Waals surface area contributed by atoms with Crippen molar-refractivity contribution in [1.29, 1.82) is 0 Å². The summed E-state index contributed by atoms with van der Waals surface area (Å²) in [7, 11) is 1.57. The Kier molecular flexibility index (Phi) is 4.93. The van der Waals surface area contributed by atoms with Gasteiger partial charge < -0.3 is 9.15 Å². The van der Waals surface area contributed by atoms with Crippen molar-refractivity contribution in [2.75, 3.05) is 7.11 Å². The van der Waals surface area contributed by atoms with Crippen LogP contribution in [-0.2, 0) is 5.75 Å². The van der Waals surface area contributed by atoms with Crippen molar-refractivity contribution in [3.8, 4) is 23.0 Å². The predicted molar refractivity (Wildman–Crippen MR) is 102 cm³/mol. The van der Waals surface area contributed by atoms with Crippen molar-refractivity contribution in [3.63, 3.8) is 0 Å². The van der Waals surface area contributed by atoms with Crippen LogP contribution >= 0.6 is 11.8 Å². The van der Waals surface area contributed by atoms with Crippen LogP contribution < -0.4 is 4.74 Å². The summed E-state index contributed by atoms with van der Waals surface area (Å²) >= 11 is 1.45. The normalized spacial score (nSPS) is 10.9. The van der Waals surface area contributed by atoms with Crippen LogP contribution in [0.2, 0.25) is 0 Å². The number of furan rings is 1. The first-order chi connectivity index (χ1) is 13.3. The third-order valence-electron chi connectivity index (χ3n) is 3.99. The van der Waals surface area contributed by atoms with Crippen LogP contribution in [0.15, 0.2) is 76.5 Å². The van der Waals surface area contributed by atoms with Gasteiger partial charge in [0.1, 0.15) is 11.6 Å².